The lowest BCUT2D eigenvalue weighted by atomic mass is 10.2. The molecule has 0 saturated heterocycles. The molecular formula is C14H13N5O4S. The molecule has 10 heteroatoms. The first-order valence-electron chi connectivity index (χ1n) is 6.52. The second-order valence-electron chi connectivity index (χ2n) is 4.60. The third kappa shape index (κ3) is 4.36. The van der Waals surface area contributed by atoms with Crippen molar-refractivity contribution in [1.29, 1.82) is 0 Å². The number of aliphatic imine (C=N–C) groups is 1. The number of nitrogens with zero attached hydrogens (tertiary/aromatic N) is 3. The van der Waals surface area contributed by atoms with E-state index in [-0.39, 0.29) is 10.6 Å². The molecule has 0 aliphatic heterocycles. The van der Waals surface area contributed by atoms with Crippen molar-refractivity contribution in [3.05, 3.63) is 64.2 Å². The van der Waals surface area contributed by atoms with Gasteiger partial charge in [-0.2, -0.15) is 8.42 Å². The molecule has 0 bridgehead atoms. The average Bonchev–Trinajstić information content (AvgIpc) is 2.52. The van der Waals surface area contributed by atoms with Gasteiger partial charge in [-0.15, -0.1) is 4.40 Å². The van der Waals surface area contributed by atoms with Crippen LogP contribution in [0.3, 0.4) is 0 Å². The second-order valence-corrected chi connectivity index (χ2v) is 6.20. The van der Waals surface area contributed by atoms with Crippen molar-refractivity contribution >= 4 is 33.6 Å². The minimum Gasteiger partial charge on any atom is -0.369 e. The summed E-state index contributed by atoms with van der Waals surface area (Å²) in [5, 5.41) is 10.7. The Morgan fingerprint density at radius 2 is 1.79 bits per heavy atom. The topological polar surface area (TPSA) is 154 Å². The van der Waals surface area contributed by atoms with Crippen LogP contribution in [0.1, 0.15) is 5.56 Å². The van der Waals surface area contributed by atoms with E-state index in [4.69, 9.17) is 11.5 Å². The van der Waals surface area contributed by atoms with Crippen LogP contribution in [0, 0.1) is 10.1 Å². The Labute approximate surface area is 137 Å². The highest BCUT2D eigenvalue weighted by Crippen LogP contribution is 2.18. The van der Waals surface area contributed by atoms with Crippen molar-refractivity contribution in [3.8, 4) is 0 Å². The Kier molecular flexibility index (Phi) is 4.90. The van der Waals surface area contributed by atoms with Gasteiger partial charge in [-0.1, -0.05) is 12.1 Å². The molecule has 0 amide bonds. The van der Waals surface area contributed by atoms with Crippen LogP contribution in [0.25, 0.3) is 0 Å². The molecule has 0 fully saturated rings. The normalized spacial score (nSPS) is 11.3. The average molecular weight is 347 g/mol. The minimum atomic E-state index is -3.95. The van der Waals surface area contributed by atoms with E-state index < -0.39 is 20.9 Å². The van der Waals surface area contributed by atoms with Crippen molar-refractivity contribution in [1.82, 2.24) is 0 Å². The van der Waals surface area contributed by atoms with Gasteiger partial charge in [0, 0.05) is 18.3 Å². The van der Waals surface area contributed by atoms with Crippen LogP contribution in [0.5, 0.6) is 0 Å². The Bertz CT molecular complexity index is 916. The second kappa shape index (κ2) is 6.87. The summed E-state index contributed by atoms with van der Waals surface area (Å²) in [6.07, 6.45) is 1.44. The highest BCUT2D eigenvalue weighted by Gasteiger charge is 2.12. The van der Waals surface area contributed by atoms with Crippen LogP contribution in [-0.2, 0) is 10.0 Å². The van der Waals surface area contributed by atoms with Gasteiger partial charge in [-0.05, 0) is 29.8 Å². The number of sulfonamides is 1. The van der Waals surface area contributed by atoms with Gasteiger partial charge in [0.15, 0.2) is 0 Å². The first kappa shape index (κ1) is 17.1. The molecule has 0 heterocycles. The van der Waals surface area contributed by atoms with Crippen LogP contribution in [-0.4, -0.2) is 25.5 Å². The van der Waals surface area contributed by atoms with Gasteiger partial charge in [0.1, 0.15) is 0 Å². The van der Waals surface area contributed by atoms with Gasteiger partial charge in [-0.3, -0.25) is 15.1 Å². The van der Waals surface area contributed by atoms with Gasteiger partial charge < -0.3 is 11.5 Å². The molecular weight excluding hydrogens is 334 g/mol. The smallest absolute Gasteiger partial charge is 0.285 e. The quantitative estimate of drug-likeness (QED) is 0.359. The van der Waals surface area contributed by atoms with E-state index in [9.17, 15) is 18.5 Å². The number of non-ortho nitro benzene ring substituents is 1. The van der Waals surface area contributed by atoms with Crippen molar-refractivity contribution in [3.63, 3.8) is 0 Å². The molecule has 0 spiro atoms. The SMILES string of the molecule is NC(N)=NS(=O)(=O)c1ccc(N=Cc2cccc([N+](=O)[O-])c2)cc1. The molecule has 124 valence electrons. The molecule has 4 N–H and O–H groups in total. The van der Waals surface area contributed by atoms with Crippen LogP contribution in [0.2, 0.25) is 0 Å². The molecule has 0 saturated carbocycles. The fourth-order valence-corrected chi connectivity index (χ4v) is 2.63. The monoisotopic (exact) mass is 347 g/mol. The molecule has 2 aromatic carbocycles. The molecule has 24 heavy (non-hydrogen) atoms. The summed E-state index contributed by atoms with van der Waals surface area (Å²) in [5.74, 6) is -0.553. The molecule has 2 rings (SSSR count). The fourth-order valence-electron chi connectivity index (χ4n) is 1.76. The molecule has 0 aromatic heterocycles. The summed E-state index contributed by atoms with van der Waals surface area (Å²) in [7, 11) is -3.95. The van der Waals surface area contributed by atoms with Crippen LogP contribution in [0.4, 0.5) is 11.4 Å². The number of hydrogen-bond donors (Lipinski definition) is 2. The number of nitro benzene ring substituents is 1. The number of benzene rings is 2. The maximum atomic E-state index is 11.8. The summed E-state index contributed by atoms with van der Waals surface area (Å²) >= 11 is 0. The molecule has 0 aliphatic carbocycles. The van der Waals surface area contributed by atoms with Crippen molar-refractivity contribution in [2.24, 2.45) is 20.9 Å². The number of hydrogen-bond acceptors (Lipinski definition) is 5. The zero-order valence-electron chi connectivity index (χ0n) is 12.2. The molecule has 0 aliphatic rings. The first-order chi connectivity index (χ1) is 11.3. The van der Waals surface area contributed by atoms with Gasteiger partial charge in [0.05, 0.1) is 15.5 Å². The van der Waals surface area contributed by atoms with E-state index in [0.29, 0.717) is 11.3 Å². The molecule has 0 atom stereocenters. The summed E-state index contributed by atoms with van der Waals surface area (Å²) in [5.41, 5.74) is 11.1. The third-order valence-corrected chi connectivity index (χ3v) is 4.12. The Morgan fingerprint density at radius 3 is 2.38 bits per heavy atom. The van der Waals surface area contributed by atoms with E-state index in [2.05, 4.69) is 9.39 Å². The number of nitro groups is 1. The Hall–Kier alpha value is -3.27. The van der Waals surface area contributed by atoms with E-state index in [1.807, 2.05) is 0 Å². The van der Waals surface area contributed by atoms with Gasteiger partial charge in [0.25, 0.3) is 15.7 Å². The maximum absolute atomic E-state index is 11.8. The van der Waals surface area contributed by atoms with Crippen LogP contribution < -0.4 is 11.5 Å². The summed E-state index contributed by atoms with van der Waals surface area (Å²) < 4.78 is 26.7. The van der Waals surface area contributed by atoms with Gasteiger partial charge >= 0.3 is 0 Å². The van der Waals surface area contributed by atoms with E-state index in [0.717, 1.165) is 0 Å². The molecule has 2 aromatic rings. The number of rotatable bonds is 5. The summed E-state index contributed by atoms with van der Waals surface area (Å²) in [4.78, 5) is 14.3. The van der Waals surface area contributed by atoms with E-state index in [1.54, 1.807) is 12.1 Å². The zero-order valence-corrected chi connectivity index (χ0v) is 13.1. The summed E-state index contributed by atoms with van der Waals surface area (Å²) in [6, 6.07) is 11.5. The highest BCUT2D eigenvalue weighted by atomic mass is 32.2. The summed E-state index contributed by atoms with van der Waals surface area (Å²) in [6.45, 7) is 0. The number of nitrogens with two attached hydrogens (primary N) is 2. The van der Waals surface area contributed by atoms with Crippen molar-refractivity contribution < 1.29 is 13.3 Å². The lowest BCUT2D eigenvalue weighted by molar-refractivity contribution is -0.384. The predicted octanol–water partition coefficient (Wildman–Crippen LogP) is 1.31. The molecule has 9 nitrogen and oxygen atoms in total. The van der Waals surface area contributed by atoms with E-state index >= 15 is 0 Å². The maximum Gasteiger partial charge on any atom is 0.285 e. The lowest BCUT2D eigenvalue weighted by Gasteiger charge is -2.00. The Balaban J connectivity index is 2.22. The van der Waals surface area contributed by atoms with Gasteiger partial charge in [-0.25, -0.2) is 0 Å². The molecule has 0 unspecified atom stereocenters. The van der Waals surface area contributed by atoms with Gasteiger partial charge in [0.2, 0.25) is 5.96 Å². The number of guanidine groups is 1. The lowest BCUT2D eigenvalue weighted by Crippen LogP contribution is -2.24. The van der Waals surface area contributed by atoms with Crippen molar-refractivity contribution in [2.75, 3.05) is 0 Å². The predicted molar refractivity (Wildman–Crippen MR) is 89.8 cm³/mol. The molecule has 0 radical (unpaired) electrons. The standard InChI is InChI=1S/C14H13N5O4S/c15-14(16)18-24(22,23)13-6-4-11(5-7-13)17-9-10-2-1-3-12(8-10)19(20)21/h1-9H,(H4,15,16,18). The van der Waals surface area contributed by atoms with E-state index in [1.165, 1.54) is 42.6 Å². The van der Waals surface area contributed by atoms with Crippen molar-refractivity contribution in [2.45, 2.75) is 4.90 Å². The zero-order chi connectivity index (χ0) is 17.7. The fraction of sp³-hybridized carbons (Fsp3) is 0. The highest BCUT2D eigenvalue weighted by molar-refractivity contribution is 7.90. The minimum absolute atomic E-state index is 0.0439. The Morgan fingerprint density at radius 1 is 1.12 bits per heavy atom. The van der Waals surface area contributed by atoms with Crippen LogP contribution in [0.15, 0.2) is 62.8 Å². The largest absolute Gasteiger partial charge is 0.369 e. The first-order valence-corrected chi connectivity index (χ1v) is 7.96. The third-order valence-electron chi connectivity index (χ3n) is 2.80. The van der Waals surface area contributed by atoms with Crippen LogP contribution >= 0.6 is 0 Å².